The lowest BCUT2D eigenvalue weighted by atomic mass is 9.64. The molecule has 0 spiro atoms. The summed E-state index contributed by atoms with van der Waals surface area (Å²) in [6.45, 7) is 14.9. The third-order valence-electron chi connectivity index (χ3n) is 5.33. The van der Waals surface area contributed by atoms with Gasteiger partial charge < -0.3 is 15.0 Å². The van der Waals surface area contributed by atoms with Crippen LogP contribution >= 0.6 is 0 Å². The van der Waals surface area contributed by atoms with Gasteiger partial charge in [0.05, 0.1) is 6.10 Å². The smallest absolute Gasteiger partial charge is 0.0656 e. The molecule has 2 aliphatic rings. The fraction of sp³-hybridized carbons (Fsp3) is 1.00. The van der Waals surface area contributed by atoms with Gasteiger partial charge in [-0.3, -0.25) is 0 Å². The molecule has 1 saturated heterocycles. The number of hydrogen-bond donors (Lipinski definition) is 1. The van der Waals surface area contributed by atoms with Gasteiger partial charge in [0.2, 0.25) is 0 Å². The molecule has 1 aliphatic carbocycles. The minimum absolute atomic E-state index is 0.276. The van der Waals surface area contributed by atoms with Crippen LogP contribution in [0.4, 0.5) is 0 Å². The van der Waals surface area contributed by atoms with E-state index in [0.29, 0.717) is 24.1 Å². The van der Waals surface area contributed by atoms with Gasteiger partial charge >= 0.3 is 0 Å². The first-order chi connectivity index (χ1) is 9.30. The molecule has 3 heteroatoms. The van der Waals surface area contributed by atoms with E-state index in [-0.39, 0.29) is 5.41 Å². The van der Waals surface area contributed by atoms with E-state index >= 15 is 0 Å². The van der Waals surface area contributed by atoms with E-state index in [1.54, 1.807) is 0 Å². The predicted molar refractivity (Wildman–Crippen MR) is 85.0 cm³/mol. The summed E-state index contributed by atoms with van der Waals surface area (Å²) in [5.41, 5.74) is 0.276. The molecule has 0 aromatic heterocycles. The van der Waals surface area contributed by atoms with E-state index in [2.05, 4.69) is 51.9 Å². The van der Waals surface area contributed by atoms with Crippen LogP contribution in [0.3, 0.4) is 0 Å². The lowest BCUT2D eigenvalue weighted by molar-refractivity contribution is -0.128. The van der Waals surface area contributed by atoms with Crippen LogP contribution in [-0.4, -0.2) is 49.8 Å². The Morgan fingerprint density at radius 3 is 2.60 bits per heavy atom. The van der Waals surface area contributed by atoms with Crippen molar-refractivity contribution >= 4 is 0 Å². The molecule has 0 bridgehead atoms. The highest BCUT2D eigenvalue weighted by molar-refractivity contribution is 5.04. The monoisotopic (exact) mass is 282 g/mol. The Morgan fingerprint density at radius 2 is 2.05 bits per heavy atom. The summed E-state index contributed by atoms with van der Waals surface area (Å²) in [6, 6.07) is 1.30. The summed E-state index contributed by atoms with van der Waals surface area (Å²) in [5, 5.41) is 3.93. The maximum Gasteiger partial charge on any atom is 0.0656 e. The summed E-state index contributed by atoms with van der Waals surface area (Å²) >= 11 is 0. The van der Waals surface area contributed by atoms with E-state index in [1.807, 2.05) is 0 Å². The largest absolute Gasteiger partial charge is 0.377 e. The normalized spacial score (nSPS) is 38.0. The maximum atomic E-state index is 6.07. The molecule has 4 atom stereocenters. The zero-order valence-corrected chi connectivity index (χ0v) is 14.3. The van der Waals surface area contributed by atoms with Crippen molar-refractivity contribution in [2.45, 2.75) is 65.6 Å². The SMILES string of the molecule is CC(C)COC1CC(NC2CCN(C)CC2C)C1(C)C. The molecular formula is C17H34N2O. The van der Waals surface area contributed by atoms with Crippen molar-refractivity contribution < 1.29 is 4.74 Å². The zero-order chi connectivity index (χ0) is 14.9. The summed E-state index contributed by atoms with van der Waals surface area (Å²) in [4.78, 5) is 2.45. The number of likely N-dealkylation sites (tertiary alicyclic amines) is 1. The van der Waals surface area contributed by atoms with Gasteiger partial charge in [0, 0.05) is 30.7 Å². The minimum atomic E-state index is 0.276. The fourth-order valence-electron chi connectivity index (χ4n) is 3.62. The average molecular weight is 282 g/mol. The van der Waals surface area contributed by atoms with Crippen LogP contribution in [0.25, 0.3) is 0 Å². The molecule has 0 radical (unpaired) electrons. The van der Waals surface area contributed by atoms with Crippen LogP contribution in [0.2, 0.25) is 0 Å². The molecule has 2 fully saturated rings. The van der Waals surface area contributed by atoms with Crippen LogP contribution in [0.5, 0.6) is 0 Å². The van der Waals surface area contributed by atoms with Gasteiger partial charge in [-0.15, -0.1) is 0 Å². The van der Waals surface area contributed by atoms with Gasteiger partial charge in [-0.2, -0.15) is 0 Å². The van der Waals surface area contributed by atoms with Crippen LogP contribution in [0.15, 0.2) is 0 Å². The molecule has 1 saturated carbocycles. The Labute approximate surface area is 125 Å². The molecule has 118 valence electrons. The number of nitrogens with zero attached hydrogens (tertiary/aromatic N) is 1. The molecule has 4 unspecified atom stereocenters. The first kappa shape index (κ1) is 16.3. The van der Waals surface area contributed by atoms with Crippen molar-refractivity contribution in [3.63, 3.8) is 0 Å². The van der Waals surface area contributed by atoms with Crippen molar-refractivity contribution in [2.75, 3.05) is 26.7 Å². The zero-order valence-electron chi connectivity index (χ0n) is 14.3. The van der Waals surface area contributed by atoms with Crippen LogP contribution < -0.4 is 5.32 Å². The van der Waals surface area contributed by atoms with Gasteiger partial charge in [0.1, 0.15) is 0 Å². The van der Waals surface area contributed by atoms with Gasteiger partial charge in [-0.25, -0.2) is 0 Å². The van der Waals surface area contributed by atoms with Gasteiger partial charge in [0.15, 0.2) is 0 Å². The van der Waals surface area contributed by atoms with Crippen molar-refractivity contribution in [3.05, 3.63) is 0 Å². The van der Waals surface area contributed by atoms with Crippen molar-refractivity contribution in [1.29, 1.82) is 0 Å². The quantitative estimate of drug-likeness (QED) is 0.839. The van der Waals surface area contributed by atoms with Crippen molar-refractivity contribution in [2.24, 2.45) is 17.3 Å². The Hall–Kier alpha value is -0.120. The third kappa shape index (κ3) is 3.55. The molecule has 1 aliphatic heterocycles. The number of ether oxygens (including phenoxy) is 1. The second kappa shape index (κ2) is 6.33. The minimum Gasteiger partial charge on any atom is -0.377 e. The summed E-state index contributed by atoms with van der Waals surface area (Å²) in [6.07, 6.45) is 2.89. The lowest BCUT2D eigenvalue weighted by Gasteiger charge is -2.54. The van der Waals surface area contributed by atoms with Crippen molar-refractivity contribution in [3.8, 4) is 0 Å². The van der Waals surface area contributed by atoms with E-state index in [0.717, 1.165) is 12.5 Å². The summed E-state index contributed by atoms with van der Waals surface area (Å²) in [7, 11) is 2.23. The standard InChI is InChI=1S/C17H34N2O/c1-12(2)11-20-16-9-15(17(16,4)5)18-14-7-8-19(6)10-13(14)3/h12-16,18H,7-11H2,1-6H3. The van der Waals surface area contributed by atoms with E-state index in [1.165, 1.54) is 25.9 Å². The molecule has 20 heavy (non-hydrogen) atoms. The number of piperidine rings is 1. The van der Waals surface area contributed by atoms with Crippen LogP contribution in [-0.2, 0) is 4.74 Å². The molecule has 1 heterocycles. The first-order valence-electron chi connectivity index (χ1n) is 8.37. The second-order valence-corrected chi connectivity index (χ2v) is 8.13. The molecule has 0 aromatic rings. The van der Waals surface area contributed by atoms with E-state index in [9.17, 15) is 0 Å². The fourth-order valence-corrected chi connectivity index (χ4v) is 3.62. The number of hydrogen-bond acceptors (Lipinski definition) is 3. The third-order valence-corrected chi connectivity index (χ3v) is 5.33. The van der Waals surface area contributed by atoms with Crippen LogP contribution in [0.1, 0.15) is 47.5 Å². The maximum absolute atomic E-state index is 6.07. The Bertz CT molecular complexity index is 316. The molecule has 0 aromatic carbocycles. The first-order valence-corrected chi connectivity index (χ1v) is 8.37. The lowest BCUT2D eigenvalue weighted by Crippen LogP contribution is -2.64. The Kier molecular flexibility index (Phi) is 5.14. The van der Waals surface area contributed by atoms with Crippen LogP contribution in [0, 0.1) is 17.3 Å². The molecule has 3 nitrogen and oxygen atoms in total. The highest BCUT2D eigenvalue weighted by atomic mass is 16.5. The molecule has 2 rings (SSSR count). The predicted octanol–water partition coefficient (Wildman–Crippen LogP) is 2.76. The number of rotatable bonds is 5. The molecular weight excluding hydrogens is 248 g/mol. The highest BCUT2D eigenvalue weighted by Gasteiger charge is 2.49. The summed E-state index contributed by atoms with van der Waals surface area (Å²) in [5.74, 6) is 1.38. The highest BCUT2D eigenvalue weighted by Crippen LogP contribution is 2.43. The van der Waals surface area contributed by atoms with Crippen molar-refractivity contribution in [1.82, 2.24) is 10.2 Å². The van der Waals surface area contributed by atoms with Gasteiger partial charge in [0.25, 0.3) is 0 Å². The Morgan fingerprint density at radius 1 is 1.35 bits per heavy atom. The van der Waals surface area contributed by atoms with E-state index in [4.69, 9.17) is 4.74 Å². The van der Waals surface area contributed by atoms with Gasteiger partial charge in [-0.1, -0.05) is 34.6 Å². The molecule has 1 N–H and O–H groups in total. The Balaban J connectivity index is 1.80. The average Bonchev–Trinajstić information content (AvgIpc) is 2.34. The topological polar surface area (TPSA) is 24.5 Å². The van der Waals surface area contributed by atoms with E-state index < -0.39 is 0 Å². The number of nitrogens with one attached hydrogen (secondary N) is 1. The molecule has 0 amide bonds. The second-order valence-electron chi connectivity index (χ2n) is 8.13. The van der Waals surface area contributed by atoms with Gasteiger partial charge in [-0.05, 0) is 38.3 Å². The summed E-state index contributed by atoms with van der Waals surface area (Å²) < 4.78 is 6.07.